The Morgan fingerprint density at radius 2 is 2.32 bits per heavy atom. The highest BCUT2D eigenvalue weighted by Crippen LogP contribution is 2.34. The summed E-state index contributed by atoms with van der Waals surface area (Å²) in [5.41, 5.74) is 0.797. The smallest absolute Gasteiger partial charge is 0.316 e. The van der Waals surface area contributed by atoms with Gasteiger partial charge in [0.25, 0.3) is 5.56 Å². The van der Waals surface area contributed by atoms with Crippen molar-refractivity contribution in [1.82, 2.24) is 9.55 Å². The monoisotopic (exact) mass is 344 g/mol. The van der Waals surface area contributed by atoms with Crippen LogP contribution in [0.5, 0.6) is 0 Å². The van der Waals surface area contributed by atoms with Crippen LogP contribution in [0.1, 0.15) is 19.5 Å². The number of carbonyl (C=O) groups is 1. The van der Waals surface area contributed by atoms with E-state index in [9.17, 15) is 9.59 Å². The minimum Gasteiger partial charge on any atom is -0.465 e. The maximum atomic E-state index is 12.6. The summed E-state index contributed by atoms with van der Waals surface area (Å²) in [5.74, 6) is -0.155. The Balaban J connectivity index is 2.26. The molecule has 0 bridgehead atoms. The van der Waals surface area contributed by atoms with Crippen LogP contribution < -0.4 is 5.56 Å². The van der Waals surface area contributed by atoms with Gasteiger partial charge in [-0.2, -0.15) is 0 Å². The van der Waals surface area contributed by atoms with Crippen molar-refractivity contribution in [3.05, 3.63) is 16.0 Å². The van der Waals surface area contributed by atoms with E-state index in [4.69, 9.17) is 9.47 Å². The molecule has 0 N–H and O–H groups in total. The van der Waals surface area contributed by atoms with Gasteiger partial charge in [0.1, 0.15) is 0 Å². The molecule has 1 aliphatic heterocycles. The molecule has 2 heterocycles. The summed E-state index contributed by atoms with van der Waals surface area (Å²) in [6.45, 7) is 5.05. The van der Waals surface area contributed by atoms with Crippen LogP contribution in [0, 0.1) is 0 Å². The number of fused-ring (bicyclic) bond motifs is 1. The molecular weight excluding hydrogens is 324 g/mol. The van der Waals surface area contributed by atoms with E-state index in [1.165, 1.54) is 11.8 Å². The van der Waals surface area contributed by atoms with Crippen molar-refractivity contribution in [3.8, 4) is 0 Å². The normalized spacial score (nSPS) is 16.6. The van der Waals surface area contributed by atoms with Gasteiger partial charge in [0, 0.05) is 18.8 Å². The third-order valence-corrected chi connectivity index (χ3v) is 5.27. The number of esters is 1. The summed E-state index contributed by atoms with van der Waals surface area (Å²) >= 11 is 2.81. The van der Waals surface area contributed by atoms with E-state index in [-0.39, 0.29) is 17.3 Å². The van der Waals surface area contributed by atoms with E-state index in [2.05, 4.69) is 11.9 Å². The first-order valence-corrected chi connectivity index (χ1v) is 9.01. The maximum Gasteiger partial charge on any atom is 0.316 e. The van der Waals surface area contributed by atoms with Gasteiger partial charge in [-0.3, -0.25) is 14.2 Å². The second-order valence-corrected chi connectivity index (χ2v) is 7.24. The second kappa shape index (κ2) is 8.03. The first kappa shape index (κ1) is 17.4. The van der Waals surface area contributed by atoms with Crippen molar-refractivity contribution in [2.45, 2.75) is 42.1 Å². The first-order chi connectivity index (χ1) is 10.6. The Hall–Kier alpha value is -0.990. The molecule has 1 atom stereocenters. The first-order valence-electron chi connectivity index (χ1n) is 7.14. The fourth-order valence-corrected chi connectivity index (χ4v) is 4.10. The fraction of sp³-hybridized carbons (Fsp3) is 0.643. The topological polar surface area (TPSA) is 70.4 Å². The van der Waals surface area contributed by atoms with E-state index in [0.29, 0.717) is 30.2 Å². The Kier molecular flexibility index (Phi) is 6.34. The molecule has 0 aromatic carbocycles. The van der Waals surface area contributed by atoms with E-state index < -0.39 is 0 Å². The number of carbonyl (C=O) groups excluding carboxylic acids is 1. The quantitative estimate of drug-likeness (QED) is 0.422. The molecule has 0 saturated carbocycles. The summed E-state index contributed by atoms with van der Waals surface area (Å²) in [6, 6.07) is 0. The summed E-state index contributed by atoms with van der Waals surface area (Å²) in [5, 5.41) is 0.917. The molecule has 2 rings (SSSR count). The Morgan fingerprint density at radius 3 is 3.00 bits per heavy atom. The average Bonchev–Trinajstić information content (AvgIpc) is 2.85. The summed E-state index contributed by atoms with van der Waals surface area (Å²) in [7, 11) is 1.59. The zero-order valence-electron chi connectivity index (χ0n) is 13.0. The number of thioether (sulfide) groups is 2. The van der Waals surface area contributed by atoms with Crippen LogP contribution in [0.4, 0.5) is 0 Å². The lowest BCUT2D eigenvalue weighted by Gasteiger charge is -2.12. The van der Waals surface area contributed by atoms with Crippen molar-refractivity contribution in [3.63, 3.8) is 0 Å². The molecule has 1 aliphatic rings. The van der Waals surface area contributed by atoms with Crippen LogP contribution in [-0.2, 0) is 27.2 Å². The third kappa shape index (κ3) is 4.05. The largest absolute Gasteiger partial charge is 0.465 e. The molecule has 0 spiro atoms. The van der Waals surface area contributed by atoms with Gasteiger partial charge < -0.3 is 9.47 Å². The van der Waals surface area contributed by atoms with Crippen molar-refractivity contribution >= 4 is 29.5 Å². The average molecular weight is 344 g/mol. The predicted octanol–water partition coefficient (Wildman–Crippen LogP) is 1.58. The van der Waals surface area contributed by atoms with Crippen LogP contribution >= 0.6 is 23.5 Å². The van der Waals surface area contributed by atoms with Crippen LogP contribution in [0.3, 0.4) is 0 Å². The Bertz CT molecular complexity index is 603. The zero-order chi connectivity index (χ0) is 16.1. The van der Waals surface area contributed by atoms with Crippen LogP contribution in [0.15, 0.2) is 14.8 Å². The number of aromatic nitrogens is 2. The van der Waals surface area contributed by atoms with Crippen LogP contribution in [0.25, 0.3) is 0 Å². The molecule has 1 unspecified atom stereocenters. The number of hydrogen-bond donors (Lipinski definition) is 0. The fourth-order valence-electron chi connectivity index (χ4n) is 2.15. The lowest BCUT2D eigenvalue weighted by atomic mass is 10.2. The molecule has 22 heavy (non-hydrogen) atoms. The number of hydrogen-bond acceptors (Lipinski definition) is 7. The van der Waals surface area contributed by atoms with Gasteiger partial charge in [0.05, 0.1) is 36.1 Å². The molecule has 0 fully saturated rings. The lowest BCUT2D eigenvalue weighted by molar-refractivity contribution is -0.139. The van der Waals surface area contributed by atoms with Crippen molar-refractivity contribution in [2.75, 3.05) is 26.1 Å². The van der Waals surface area contributed by atoms with Gasteiger partial charge >= 0.3 is 5.97 Å². The highest BCUT2D eigenvalue weighted by molar-refractivity contribution is 8.00. The highest BCUT2D eigenvalue weighted by Gasteiger charge is 2.26. The van der Waals surface area contributed by atoms with Crippen molar-refractivity contribution < 1.29 is 14.3 Å². The van der Waals surface area contributed by atoms with Gasteiger partial charge in [-0.25, -0.2) is 4.98 Å². The summed E-state index contributed by atoms with van der Waals surface area (Å²) in [4.78, 5) is 29.5. The number of methoxy groups -OCH3 is 1. The van der Waals surface area contributed by atoms with Gasteiger partial charge in [-0.05, 0) is 6.92 Å². The molecular formula is C14H20N2O4S2. The minimum absolute atomic E-state index is 0.0391. The van der Waals surface area contributed by atoms with Gasteiger partial charge in [-0.15, -0.1) is 11.8 Å². The number of rotatable bonds is 7. The van der Waals surface area contributed by atoms with Gasteiger partial charge in [0.2, 0.25) is 0 Å². The zero-order valence-corrected chi connectivity index (χ0v) is 14.6. The van der Waals surface area contributed by atoms with E-state index in [0.717, 1.165) is 17.0 Å². The molecule has 0 saturated heterocycles. The minimum atomic E-state index is -0.303. The molecule has 0 aliphatic carbocycles. The molecule has 8 heteroatoms. The number of ether oxygens (including phenoxy) is 2. The summed E-state index contributed by atoms with van der Waals surface area (Å²) < 4.78 is 11.6. The van der Waals surface area contributed by atoms with Crippen molar-refractivity contribution in [2.24, 2.45) is 0 Å². The van der Waals surface area contributed by atoms with E-state index in [1.54, 1.807) is 30.4 Å². The van der Waals surface area contributed by atoms with E-state index in [1.807, 2.05) is 0 Å². The molecule has 6 nitrogen and oxygen atoms in total. The molecule has 122 valence electrons. The van der Waals surface area contributed by atoms with Gasteiger partial charge in [-0.1, -0.05) is 18.7 Å². The molecule has 1 aromatic rings. The van der Waals surface area contributed by atoms with E-state index >= 15 is 0 Å². The predicted molar refractivity (Wildman–Crippen MR) is 86.8 cm³/mol. The number of nitrogens with zero attached hydrogens (tertiary/aromatic N) is 2. The molecule has 0 radical (unpaired) electrons. The Morgan fingerprint density at radius 1 is 1.55 bits per heavy atom. The van der Waals surface area contributed by atoms with Gasteiger partial charge in [0.15, 0.2) is 5.16 Å². The second-order valence-electron chi connectivity index (χ2n) is 4.85. The standard InChI is InChI=1S/C14H20N2O4S2/c1-4-20-11(17)8-21-14-15-10-7-9(2)22-12(10)13(18)16(14)5-6-19-3/h9H,4-8H2,1-3H3. The van der Waals surface area contributed by atoms with Crippen LogP contribution in [-0.4, -0.2) is 46.8 Å². The third-order valence-electron chi connectivity index (χ3n) is 3.11. The maximum absolute atomic E-state index is 12.6. The highest BCUT2D eigenvalue weighted by atomic mass is 32.2. The lowest BCUT2D eigenvalue weighted by Crippen LogP contribution is -2.27. The van der Waals surface area contributed by atoms with Crippen molar-refractivity contribution in [1.29, 1.82) is 0 Å². The molecule has 1 aromatic heterocycles. The SMILES string of the molecule is CCOC(=O)CSc1nc2c(c(=O)n1CCOC)SC(C)C2. The molecule has 0 amide bonds. The van der Waals surface area contributed by atoms with Crippen LogP contribution in [0.2, 0.25) is 0 Å². The summed E-state index contributed by atoms with van der Waals surface area (Å²) in [6.07, 6.45) is 0.785. The Labute approximate surface area is 138 Å².